The second-order valence-corrected chi connectivity index (χ2v) is 4.07. The summed E-state index contributed by atoms with van der Waals surface area (Å²) in [6, 6.07) is 0. The van der Waals surface area contributed by atoms with Gasteiger partial charge in [0.15, 0.2) is 0 Å². The third-order valence-electron chi connectivity index (χ3n) is 1.33. The van der Waals surface area contributed by atoms with Crippen molar-refractivity contribution in [1.29, 1.82) is 0 Å². The molecule has 0 aromatic heterocycles. The summed E-state index contributed by atoms with van der Waals surface area (Å²) in [5.74, 6) is 0. The van der Waals surface area contributed by atoms with Crippen molar-refractivity contribution in [2.45, 2.75) is 52.6 Å². The topological polar surface area (TPSA) is 50.7 Å². The molecule has 0 heterocycles. The first-order chi connectivity index (χ1) is 6.45. The predicted octanol–water partition coefficient (Wildman–Crippen LogP) is 2.69. The highest BCUT2D eigenvalue weighted by atomic mass is 16.6. The summed E-state index contributed by atoms with van der Waals surface area (Å²) in [6.07, 6.45) is 4.27. The summed E-state index contributed by atoms with van der Waals surface area (Å²) >= 11 is 0. The van der Waals surface area contributed by atoms with E-state index in [4.69, 9.17) is 4.74 Å². The van der Waals surface area contributed by atoms with Crippen molar-refractivity contribution in [3.8, 4) is 0 Å². The smallest absolute Gasteiger partial charge is 0.428 e. The van der Waals surface area contributed by atoms with E-state index in [0.717, 1.165) is 19.3 Å². The average Bonchev–Trinajstić information content (AvgIpc) is 2.00. The number of hydrogen-bond acceptors (Lipinski definition) is 3. The van der Waals surface area contributed by atoms with Crippen LogP contribution in [0, 0.1) is 0 Å². The maximum Gasteiger partial charge on any atom is 0.428 e. The normalized spacial score (nSPS) is 11.7. The molecule has 14 heavy (non-hydrogen) atoms. The molecule has 0 aromatic carbocycles. The minimum atomic E-state index is -0.509. The number of nitrogens with one attached hydrogen (secondary N) is 1. The summed E-state index contributed by atoms with van der Waals surface area (Å²) in [5.41, 5.74) is 1.84. The van der Waals surface area contributed by atoms with E-state index in [0.29, 0.717) is 0 Å². The van der Waals surface area contributed by atoms with Gasteiger partial charge in [-0.05, 0) is 33.6 Å². The van der Waals surface area contributed by atoms with Gasteiger partial charge in [0, 0.05) is 6.21 Å². The van der Waals surface area contributed by atoms with Gasteiger partial charge in [-0.15, -0.1) is 0 Å². The Hall–Kier alpha value is -1.06. The average molecular weight is 200 g/mol. The van der Waals surface area contributed by atoms with Crippen molar-refractivity contribution in [3.05, 3.63) is 0 Å². The zero-order valence-corrected chi connectivity index (χ0v) is 9.46. The molecule has 0 aromatic rings. The van der Waals surface area contributed by atoms with Gasteiger partial charge in [0.1, 0.15) is 5.60 Å². The Morgan fingerprint density at radius 2 is 2.14 bits per heavy atom. The number of carbonyl (C=O) groups excluding carboxylic acids is 1. The molecule has 0 saturated heterocycles. The first-order valence-electron chi connectivity index (χ1n) is 4.96. The largest absolute Gasteiger partial charge is 0.443 e. The zero-order chi connectivity index (χ0) is 11.0. The first kappa shape index (κ1) is 12.9. The quantitative estimate of drug-likeness (QED) is 0.431. The summed E-state index contributed by atoms with van der Waals surface area (Å²) < 4.78 is 4.98. The minimum absolute atomic E-state index is 0.469. The van der Waals surface area contributed by atoms with Crippen molar-refractivity contribution in [2.24, 2.45) is 5.10 Å². The van der Waals surface area contributed by atoms with Crippen LogP contribution < -0.4 is 5.43 Å². The van der Waals surface area contributed by atoms with Gasteiger partial charge in [0.2, 0.25) is 0 Å². The fraction of sp³-hybridized carbons (Fsp3) is 0.800. The van der Waals surface area contributed by atoms with Crippen LogP contribution in [0.2, 0.25) is 0 Å². The third-order valence-corrected chi connectivity index (χ3v) is 1.33. The van der Waals surface area contributed by atoms with Crippen LogP contribution in [0.15, 0.2) is 5.10 Å². The van der Waals surface area contributed by atoms with Crippen molar-refractivity contribution in [1.82, 2.24) is 5.43 Å². The lowest BCUT2D eigenvalue weighted by atomic mass is 10.2. The Balaban J connectivity index is 3.59. The number of hydrazone groups is 1. The molecule has 0 atom stereocenters. The van der Waals surface area contributed by atoms with Crippen molar-refractivity contribution < 1.29 is 9.53 Å². The van der Waals surface area contributed by atoms with E-state index in [9.17, 15) is 4.79 Å². The van der Waals surface area contributed by atoms with E-state index in [1.165, 1.54) is 0 Å². The molecule has 0 fully saturated rings. The summed E-state index contributed by atoms with van der Waals surface area (Å²) in [4.78, 5) is 11.0. The van der Waals surface area contributed by atoms with Gasteiger partial charge in [-0.1, -0.05) is 13.3 Å². The summed E-state index contributed by atoms with van der Waals surface area (Å²) in [6.45, 7) is 7.54. The highest BCUT2D eigenvalue weighted by Crippen LogP contribution is 2.06. The fourth-order valence-corrected chi connectivity index (χ4v) is 0.759. The van der Waals surface area contributed by atoms with Crippen molar-refractivity contribution >= 4 is 12.3 Å². The second kappa shape index (κ2) is 6.40. The number of nitrogens with zero attached hydrogens (tertiary/aromatic N) is 1. The van der Waals surface area contributed by atoms with E-state index in [1.54, 1.807) is 6.21 Å². The monoisotopic (exact) mass is 200 g/mol. The summed E-state index contributed by atoms with van der Waals surface area (Å²) in [5, 5.41) is 3.74. The lowest BCUT2D eigenvalue weighted by Gasteiger charge is -2.18. The number of hydrogen-bond donors (Lipinski definition) is 1. The van der Waals surface area contributed by atoms with Crippen LogP contribution >= 0.6 is 0 Å². The van der Waals surface area contributed by atoms with Crippen LogP contribution in [-0.4, -0.2) is 17.9 Å². The van der Waals surface area contributed by atoms with Crippen LogP contribution in [-0.2, 0) is 4.74 Å². The molecule has 0 saturated carbocycles. The van der Waals surface area contributed by atoms with Crippen molar-refractivity contribution in [3.63, 3.8) is 0 Å². The molecule has 0 aliphatic rings. The van der Waals surface area contributed by atoms with Crippen LogP contribution in [0.3, 0.4) is 0 Å². The van der Waals surface area contributed by atoms with Gasteiger partial charge >= 0.3 is 6.09 Å². The van der Waals surface area contributed by atoms with Gasteiger partial charge < -0.3 is 4.74 Å². The number of carbonyl (C=O) groups is 1. The van der Waals surface area contributed by atoms with Gasteiger partial charge in [-0.3, -0.25) is 0 Å². The SMILES string of the molecule is CCCCC=NNC(=O)OC(C)(C)C. The third kappa shape index (κ3) is 9.03. The molecule has 82 valence electrons. The van der Waals surface area contributed by atoms with E-state index >= 15 is 0 Å². The molecule has 4 nitrogen and oxygen atoms in total. The molecule has 1 amide bonds. The zero-order valence-electron chi connectivity index (χ0n) is 9.46. The van der Waals surface area contributed by atoms with Gasteiger partial charge in [0.25, 0.3) is 0 Å². The maximum atomic E-state index is 11.0. The van der Waals surface area contributed by atoms with E-state index in [2.05, 4.69) is 17.5 Å². The molecule has 0 unspecified atom stereocenters. The molecule has 0 aliphatic heterocycles. The van der Waals surface area contributed by atoms with Gasteiger partial charge in [-0.25, -0.2) is 10.2 Å². The molecular formula is C10H20N2O2. The molecular weight excluding hydrogens is 180 g/mol. The molecule has 0 radical (unpaired) electrons. The highest BCUT2D eigenvalue weighted by Gasteiger charge is 2.15. The van der Waals surface area contributed by atoms with Crippen LogP contribution in [0.25, 0.3) is 0 Å². The molecule has 0 spiro atoms. The molecule has 1 N–H and O–H groups in total. The standard InChI is InChI=1S/C10H20N2O2/c1-5-6-7-8-11-12-9(13)14-10(2,3)4/h8H,5-7H2,1-4H3,(H,12,13). The van der Waals surface area contributed by atoms with Gasteiger partial charge in [0.05, 0.1) is 0 Å². The van der Waals surface area contributed by atoms with Crippen LogP contribution in [0.1, 0.15) is 47.0 Å². The van der Waals surface area contributed by atoms with Gasteiger partial charge in [-0.2, -0.15) is 5.10 Å². The Kier molecular flexibility index (Phi) is 5.92. The molecule has 4 heteroatoms. The van der Waals surface area contributed by atoms with Crippen LogP contribution in [0.5, 0.6) is 0 Å². The predicted molar refractivity (Wildman–Crippen MR) is 57.4 cm³/mol. The minimum Gasteiger partial charge on any atom is -0.443 e. The highest BCUT2D eigenvalue weighted by molar-refractivity contribution is 5.69. The second-order valence-electron chi connectivity index (χ2n) is 4.07. The molecule has 0 aliphatic carbocycles. The Morgan fingerprint density at radius 1 is 1.50 bits per heavy atom. The Morgan fingerprint density at radius 3 is 2.64 bits per heavy atom. The Bertz CT molecular complexity index is 195. The number of amides is 1. The number of unbranched alkanes of at least 4 members (excludes halogenated alkanes) is 2. The van der Waals surface area contributed by atoms with E-state index in [1.807, 2.05) is 20.8 Å². The number of rotatable bonds is 4. The maximum absolute atomic E-state index is 11.0. The van der Waals surface area contributed by atoms with E-state index in [-0.39, 0.29) is 0 Å². The fourth-order valence-electron chi connectivity index (χ4n) is 0.759. The van der Waals surface area contributed by atoms with E-state index < -0.39 is 11.7 Å². The Labute approximate surface area is 85.7 Å². The summed E-state index contributed by atoms with van der Waals surface area (Å²) in [7, 11) is 0. The first-order valence-corrected chi connectivity index (χ1v) is 4.96. The number of ether oxygens (including phenoxy) is 1. The lowest BCUT2D eigenvalue weighted by Crippen LogP contribution is -2.29. The lowest BCUT2D eigenvalue weighted by molar-refractivity contribution is 0.0529. The molecule has 0 rings (SSSR count). The molecule has 0 bridgehead atoms. The van der Waals surface area contributed by atoms with Crippen molar-refractivity contribution in [2.75, 3.05) is 0 Å². The van der Waals surface area contributed by atoms with Crippen LogP contribution in [0.4, 0.5) is 4.79 Å².